The maximum Gasteiger partial charge on any atom is 0.422 e. The number of amides is 2. The Labute approximate surface area is 199 Å². The molecular weight excluding hydrogens is 426 g/mol. The molecule has 2 N–H and O–H groups in total. The third kappa shape index (κ3) is 3.59. The summed E-state index contributed by atoms with van der Waals surface area (Å²) in [6, 6.07) is 19.0. The van der Waals surface area contributed by atoms with Crippen LogP contribution in [0.5, 0.6) is 0 Å². The first kappa shape index (κ1) is 20.8. The summed E-state index contributed by atoms with van der Waals surface area (Å²) in [6.45, 7) is 0. The van der Waals surface area contributed by atoms with Crippen molar-refractivity contribution in [3.05, 3.63) is 89.2 Å². The molecule has 34 heavy (non-hydrogen) atoms. The molecule has 2 bridgehead atoms. The smallest absolute Gasteiger partial charge is 0.422 e. The standard InChI is InChI=1S/C28H27N3O3/c32-27-26-24-22(12-7-13-23(24)31(27)28(33)34-26)25(18-8-3-1-4-9-18)30-21-16-14-20(15-17-21)29-19-10-5-2-6-11-19/h1,3-4,7-9,13-17,19,26,29-30H,2,5-6,10-12H2. The highest BCUT2D eigenvalue weighted by molar-refractivity contribution is 6.09. The van der Waals surface area contributed by atoms with Gasteiger partial charge in [0.1, 0.15) is 0 Å². The van der Waals surface area contributed by atoms with Gasteiger partial charge in [-0.25, -0.2) is 9.69 Å². The zero-order valence-electron chi connectivity index (χ0n) is 18.9. The van der Waals surface area contributed by atoms with Gasteiger partial charge in [0.05, 0.1) is 5.70 Å². The summed E-state index contributed by atoms with van der Waals surface area (Å²) in [4.78, 5) is 25.9. The topological polar surface area (TPSA) is 70.7 Å². The predicted octanol–water partition coefficient (Wildman–Crippen LogP) is 5.83. The normalized spacial score (nSPS) is 23.2. The number of carbonyl (C=O) groups excluding carboxylic acids is 2. The maximum atomic E-state index is 12.7. The largest absolute Gasteiger partial charge is 0.430 e. The number of allylic oxidation sites excluding steroid dienone is 2. The summed E-state index contributed by atoms with van der Waals surface area (Å²) in [5, 5.41) is 7.27. The number of ether oxygens (including phenoxy) is 1. The van der Waals surface area contributed by atoms with Crippen molar-refractivity contribution in [2.24, 2.45) is 0 Å². The number of rotatable bonds is 5. The van der Waals surface area contributed by atoms with Crippen LogP contribution in [0.25, 0.3) is 5.70 Å². The van der Waals surface area contributed by atoms with Gasteiger partial charge in [-0.2, -0.15) is 0 Å². The van der Waals surface area contributed by atoms with Crippen LogP contribution in [0.1, 0.15) is 44.1 Å². The van der Waals surface area contributed by atoms with Crippen LogP contribution in [0.3, 0.4) is 0 Å². The van der Waals surface area contributed by atoms with Gasteiger partial charge in [0.15, 0.2) is 0 Å². The van der Waals surface area contributed by atoms with Crippen molar-refractivity contribution in [3.8, 4) is 0 Å². The highest BCUT2D eigenvalue weighted by Gasteiger charge is 2.53. The molecule has 1 saturated heterocycles. The molecule has 1 atom stereocenters. The van der Waals surface area contributed by atoms with Gasteiger partial charge in [0.2, 0.25) is 6.10 Å². The summed E-state index contributed by atoms with van der Waals surface area (Å²) in [6.07, 6.45) is 9.46. The number of hydrogen-bond donors (Lipinski definition) is 2. The van der Waals surface area contributed by atoms with E-state index >= 15 is 0 Å². The van der Waals surface area contributed by atoms with Gasteiger partial charge in [-0.1, -0.05) is 55.7 Å². The molecule has 2 amide bonds. The molecule has 2 fully saturated rings. The zero-order valence-corrected chi connectivity index (χ0v) is 18.9. The van der Waals surface area contributed by atoms with Gasteiger partial charge in [-0.05, 0) is 60.7 Å². The van der Waals surface area contributed by atoms with E-state index in [4.69, 9.17) is 4.74 Å². The molecule has 0 spiro atoms. The first-order valence-corrected chi connectivity index (χ1v) is 12.1. The molecule has 6 rings (SSSR count). The van der Waals surface area contributed by atoms with E-state index in [1.54, 1.807) is 0 Å². The van der Waals surface area contributed by atoms with Crippen LogP contribution >= 0.6 is 0 Å². The van der Waals surface area contributed by atoms with Crippen LogP contribution in [-0.4, -0.2) is 29.0 Å². The molecule has 2 aromatic rings. The SMILES string of the molecule is O=C1OC2C(=O)N1C1=C2C(=C(Nc2ccc(NC3CCCCC3)cc2)c2ccccc2)CC=C1. The number of fused-ring (bicyclic) bond motifs is 4. The second-order valence-corrected chi connectivity index (χ2v) is 9.24. The lowest BCUT2D eigenvalue weighted by Gasteiger charge is -2.26. The number of benzene rings is 2. The molecule has 2 aliphatic heterocycles. The number of anilines is 2. The summed E-state index contributed by atoms with van der Waals surface area (Å²) >= 11 is 0. The van der Waals surface area contributed by atoms with Crippen LogP contribution < -0.4 is 10.6 Å². The van der Waals surface area contributed by atoms with Gasteiger partial charge >= 0.3 is 6.09 Å². The molecule has 2 aromatic carbocycles. The van der Waals surface area contributed by atoms with Gasteiger partial charge in [-0.15, -0.1) is 0 Å². The molecule has 1 saturated carbocycles. The van der Waals surface area contributed by atoms with E-state index in [0.29, 0.717) is 18.2 Å². The quantitative estimate of drug-likeness (QED) is 0.596. The summed E-state index contributed by atoms with van der Waals surface area (Å²) < 4.78 is 5.37. The number of imide groups is 1. The third-order valence-electron chi connectivity index (χ3n) is 7.04. The minimum absolute atomic E-state index is 0.301. The molecule has 0 radical (unpaired) electrons. The molecule has 0 aromatic heterocycles. The van der Waals surface area contributed by atoms with Crippen molar-refractivity contribution >= 4 is 29.1 Å². The number of nitrogens with zero attached hydrogens (tertiary/aromatic N) is 1. The highest BCUT2D eigenvalue weighted by atomic mass is 16.6. The second kappa shape index (κ2) is 8.52. The number of carbonyl (C=O) groups is 2. The fraction of sp³-hybridized carbons (Fsp3) is 0.286. The Bertz CT molecular complexity index is 1220. The Kier molecular flexibility index (Phi) is 5.21. The first-order chi connectivity index (χ1) is 16.7. The van der Waals surface area contributed by atoms with Gasteiger partial charge < -0.3 is 15.4 Å². The summed E-state index contributed by atoms with van der Waals surface area (Å²) in [7, 11) is 0. The molecule has 172 valence electrons. The molecule has 2 aliphatic carbocycles. The van der Waals surface area contributed by atoms with Gasteiger partial charge in [0.25, 0.3) is 5.91 Å². The van der Waals surface area contributed by atoms with Crippen molar-refractivity contribution < 1.29 is 14.3 Å². The van der Waals surface area contributed by atoms with Crippen molar-refractivity contribution in [2.75, 3.05) is 10.6 Å². The van der Waals surface area contributed by atoms with Crippen LogP contribution in [0.15, 0.2) is 83.6 Å². The maximum absolute atomic E-state index is 12.7. The van der Waals surface area contributed by atoms with Crippen LogP contribution in [0.4, 0.5) is 16.2 Å². The van der Waals surface area contributed by atoms with E-state index in [-0.39, 0.29) is 5.91 Å². The Morgan fingerprint density at radius 2 is 1.65 bits per heavy atom. The Hall–Kier alpha value is -3.80. The van der Waals surface area contributed by atoms with Crippen molar-refractivity contribution in [1.29, 1.82) is 0 Å². The van der Waals surface area contributed by atoms with E-state index in [1.165, 1.54) is 32.1 Å². The van der Waals surface area contributed by atoms with E-state index < -0.39 is 12.2 Å². The van der Waals surface area contributed by atoms with Gasteiger partial charge in [0, 0.05) is 28.7 Å². The van der Waals surface area contributed by atoms with Crippen LogP contribution in [-0.2, 0) is 9.53 Å². The first-order valence-electron chi connectivity index (χ1n) is 12.1. The predicted molar refractivity (Wildman–Crippen MR) is 132 cm³/mol. The minimum Gasteiger partial charge on any atom is -0.430 e. The number of nitrogens with one attached hydrogen (secondary N) is 2. The molecule has 1 unspecified atom stereocenters. The van der Waals surface area contributed by atoms with Crippen LogP contribution in [0, 0.1) is 0 Å². The molecule has 4 aliphatic rings. The molecular formula is C28H27N3O3. The van der Waals surface area contributed by atoms with Crippen LogP contribution in [0.2, 0.25) is 0 Å². The van der Waals surface area contributed by atoms with E-state index in [1.807, 2.05) is 42.5 Å². The minimum atomic E-state index is -0.856. The lowest BCUT2D eigenvalue weighted by atomic mass is 9.89. The highest BCUT2D eigenvalue weighted by Crippen LogP contribution is 2.44. The van der Waals surface area contributed by atoms with Crippen molar-refractivity contribution in [3.63, 3.8) is 0 Å². The van der Waals surface area contributed by atoms with E-state index in [9.17, 15) is 9.59 Å². The lowest BCUT2D eigenvalue weighted by molar-refractivity contribution is -0.125. The Morgan fingerprint density at radius 1 is 0.912 bits per heavy atom. The van der Waals surface area contributed by atoms with Crippen molar-refractivity contribution in [2.45, 2.75) is 50.7 Å². The monoisotopic (exact) mass is 453 g/mol. The Morgan fingerprint density at radius 3 is 2.41 bits per heavy atom. The molecule has 6 nitrogen and oxygen atoms in total. The van der Waals surface area contributed by atoms with E-state index in [2.05, 4.69) is 34.9 Å². The fourth-order valence-electron chi connectivity index (χ4n) is 5.38. The summed E-state index contributed by atoms with van der Waals surface area (Å²) in [5.41, 5.74) is 6.42. The molecule has 6 heteroatoms. The second-order valence-electron chi connectivity index (χ2n) is 9.24. The zero-order chi connectivity index (χ0) is 23.1. The lowest BCUT2D eigenvalue weighted by Crippen LogP contribution is -2.26. The summed E-state index contributed by atoms with van der Waals surface area (Å²) in [5.74, 6) is -0.301. The third-order valence-corrected chi connectivity index (χ3v) is 7.04. The number of hydrogen-bond acceptors (Lipinski definition) is 5. The van der Waals surface area contributed by atoms with Gasteiger partial charge in [-0.3, -0.25) is 4.79 Å². The van der Waals surface area contributed by atoms with E-state index in [0.717, 1.165) is 38.7 Å². The van der Waals surface area contributed by atoms with Crippen molar-refractivity contribution in [1.82, 2.24) is 4.90 Å². The molecule has 2 heterocycles. The average molecular weight is 454 g/mol. The average Bonchev–Trinajstić information content (AvgIpc) is 3.33. The fourth-order valence-corrected chi connectivity index (χ4v) is 5.38. The Balaban J connectivity index is 1.34.